The van der Waals surface area contributed by atoms with Crippen LogP contribution in [0.3, 0.4) is 0 Å². The molecule has 0 spiro atoms. The number of ether oxygens (including phenoxy) is 3. The SMILES string of the molecule is COc1cc2ccccc2cc1C(=O)N/N=C\c1cc(I)c(OCC(=O)Nc2ccc(C)cc2)c(OC)c1. The van der Waals surface area contributed by atoms with Crippen LogP contribution < -0.4 is 25.0 Å². The molecule has 0 aliphatic carbocycles. The zero-order chi connectivity index (χ0) is 27.1. The molecule has 2 N–H and O–H groups in total. The van der Waals surface area contributed by atoms with Gasteiger partial charge in [0.1, 0.15) is 5.75 Å². The maximum atomic E-state index is 12.8. The lowest BCUT2D eigenvalue weighted by Gasteiger charge is -2.13. The minimum absolute atomic E-state index is 0.183. The molecular weight excluding hydrogens is 597 g/mol. The largest absolute Gasteiger partial charge is 0.496 e. The highest BCUT2D eigenvalue weighted by Gasteiger charge is 2.15. The molecule has 38 heavy (non-hydrogen) atoms. The van der Waals surface area contributed by atoms with Crippen LogP contribution >= 0.6 is 22.6 Å². The number of hydrazone groups is 1. The van der Waals surface area contributed by atoms with Crippen LogP contribution in [0, 0.1) is 10.5 Å². The van der Waals surface area contributed by atoms with Gasteiger partial charge in [0, 0.05) is 5.69 Å². The summed E-state index contributed by atoms with van der Waals surface area (Å²) in [5, 5.41) is 8.80. The summed E-state index contributed by atoms with van der Waals surface area (Å²) < 4.78 is 17.4. The molecule has 0 aromatic heterocycles. The second-order valence-electron chi connectivity index (χ2n) is 8.34. The summed E-state index contributed by atoms with van der Waals surface area (Å²) in [6.07, 6.45) is 1.50. The number of hydrogen-bond acceptors (Lipinski definition) is 6. The van der Waals surface area contributed by atoms with Crippen LogP contribution in [0.4, 0.5) is 5.69 Å². The number of benzene rings is 4. The minimum Gasteiger partial charge on any atom is -0.496 e. The molecule has 0 fully saturated rings. The summed E-state index contributed by atoms with van der Waals surface area (Å²) in [5.74, 6) is 0.646. The van der Waals surface area contributed by atoms with E-state index in [4.69, 9.17) is 14.2 Å². The fraction of sp³-hybridized carbons (Fsp3) is 0.138. The van der Waals surface area contributed by atoms with Crippen LogP contribution in [0.5, 0.6) is 17.2 Å². The number of hydrogen-bond donors (Lipinski definition) is 2. The summed E-state index contributed by atoms with van der Waals surface area (Å²) in [7, 11) is 3.04. The molecule has 4 aromatic carbocycles. The number of nitrogens with zero attached hydrogens (tertiary/aromatic N) is 1. The second-order valence-corrected chi connectivity index (χ2v) is 9.50. The Morgan fingerprint density at radius 2 is 1.61 bits per heavy atom. The van der Waals surface area contributed by atoms with Crippen molar-refractivity contribution < 1.29 is 23.8 Å². The van der Waals surface area contributed by atoms with Crippen molar-refractivity contribution in [3.05, 3.63) is 93.1 Å². The zero-order valence-electron chi connectivity index (χ0n) is 21.1. The normalized spacial score (nSPS) is 10.8. The Kier molecular flexibility index (Phi) is 8.80. The highest BCUT2D eigenvalue weighted by Crippen LogP contribution is 2.33. The van der Waals surface area contributed by atoms with E-state index < -0.39 is 5.91 Å². The third-order valence-electron chi connectivity index (χ3n) is 5.63. The van der Waals surface area contributed by atoms with Crippen molar-refractivity contribution in [3.63, 3.8) is 0 Å². The van der Waals surface area contributed by atoms with Gasteiger partial charge in [-0.15, -0.1) is 0 Å². The Hall–Kier alpha value is -4.12. The molecular formula is C29H26IN3O5. The molecule has 0 radical (unpaired) electrons. The predicted octanol–water partition coefficient (Wildman–Crippen LogP) is 5.55. The first-order valence-corrected chi connectivity index (χ1v) is 12.7. The standard InChI is InChI=1S/C29H26IN3O5/c1-18-8-10-22(11-9-18)32-27(34)17-38-28-24(30)12-19(13-26(28)37-3)16-31-33-29(35)23-14-20-6-4-5-7-21(20)15-25(23)36-2/h4-16H,17H2,1-3H3,(H,32,34)(H,33,35)/b31-16-. The van der Waals surface area contributed by atoms with Crippen molar-refractivity contribution in [2.75, 3.05) is 26.1 Å². The molecule has 0 saturated carbocycles. The highest BCUT2D eigenvalue weighted by molar-refractivity contribution is 14.1. The maximum absolute atomic E-state index is 12.8. The summed E-state index contributed by atoms with van der Waals surface area (Å²) in [6, 6.07) is 22.3. The number of fused-ring (bicyclic) bond motifs is 1. The molecule has 0 aliphatic rings. The quantitative estimate of drug-likeness (QED) is 0.145. The number of carbonyl (C=O) groups excluding carboxylic acids is 2. The Labute approximate surface area is 234 Å². The lowest BCUT2D eigenvalue weighted by Crippen LogP contribution is -2.20. The maximum Gasteiger partial charge on any atom is 0.275 e. The number of carbonyl (C=O) groups is 2. The van der Waals surface area contributed by atoms with Gasteiger partial charge in [-0.3, -0.25) is 9.59 Å². The Morgan fingerprint density at radius 1 is 0.921 bits per heavy atom. The van der Waals surface area contributed by atoms with Crippen LogP contribution in [-0.4, -0.2) is 38.9 Å². The molecule has 0 heterocycles. The molecule has 9 heteroatoms. The van der Waals surface area contributed by atoms with Gasteiger partial charge >= 0.3 is 0 Å². The fourth-order valence-corrected chi connectivity index (χ4v) is 4.50. The summed E-state index contributed by atoms with van der Waals surface area (Å²) in [6.45, 7) is 1.80. The summed E-state index contributed by atoms with van der Waals surface area (Å²) in [5.41, 5.74) is 5.40. The van der Waals surface area contributed by atoms with Gasteiger partial charge in [0.25, 0.3) is 11.8 Å². The van der Waals surface area contributed by atoms with E-state index in [1.54, 1.807) is 12.1 Å². The van der Waals surface area contributed by atoms with E-state index in [0.29, 0.717) is 37.6 Å². The lowest BCUT2D eigenvalue weighted by atomic mass is 10.1. The van der Waals surface area contributed by atoms with E-state index in [0.717, 1.165) is 16.3 Å². The molecule has 2 amide bonds. The van der Waals surface area contributed by atoms with Crippen LogP contribution in [0.1, 0.15) is 21.5 Å². The van der Waals surface area contributed by atoms with Crippen LogP contribution in [0.25, 0.3) is 10.8 Å². The first kappa shape index (κ1) is 26.9. The third kappa shape index (κ3) is 6.60. The summed E-state index contributed by atoms with van der Waals surface area (Å²) in [4.78, 5) is 25.1. The van der Waals surface area contributed by atoms with Crippen molar-refractivity contribution in [2.24, 2.45) is 5.10 Å². The topological polar surface area (TPSA) is 98.3 Å². The van der Waals surface area contributed by atoms with Gasteiger partial charge < -0.3 is 19.5 Å². The molecule has 0 aliphatic heterocycles. The van der Waals surface area contributed by atoms with Gasteiger partial charge in [-0.2, -0.15) is 5.10 Å². The first-order chi connectivity index (χ1) is 18.4. The number of anilines is 1. The molecule has 0 unspecified atom stereocenters. The molecule has 4 rings (SSSR count). The smallest absolute Gasteiger partial charge is 0.275 e. The van der Waals surface area contributed by atoms with Gasteiger partial charge in [0.2, 0.25) is 0 Å². The predicted molar refractivity (Wildman–Crippen MR) is 157 cm³/mol. The van der Waals surface area contributed by atoms with E-state index in [-0.39, 0.29) is 12.5 Å². The summed E-state index contributed by atoms with van der Waals surface area (Å²) >= 11 is 2.10. The van der Waals surface area contributed by atoms with E-state index in [1.165, 1.54) is 20.4 Å². The van der Waals surface area contributed by atoms with Gasteiger partial charge in [0.15, 0.2) is 18.1 Å². The van der Waals surface area contributed by atoms with Crippen LogP contribution in [0.15, 0.2) is 77.9 Å². The minimum atomic E-state index is -0.398. The number of amides is 2. The number of nitrogens with one attached hydrogen (secondary N) is 2. The van der Waals surface area contributed by atoms with Gasteiger partial charge in [-0.05, 0) is 82.2 Å². The highest BCUT2D eigenvalue weighted by atomic mass is 127. The number of methoxy groups -OCH3 is 2. The third-order valence-corrected chi connectivity index (χ3v) is 6.43. The molecule has 194 valence electrons. The average molecular weight is 623 g/mol. The van der Waals surface area contributed by atoms with Crippen molar-refractivity contribution in [1.82, 2.24) is 5.43 Å². The number of rotatable bonds is 9. The molecule has 8 nitrogen and oxygen atoms in total. The Bertz CT molecular complexity index is 1500. The van der Waals surface area contributed by atoms with Gasteiger partial charge in [0.05, 0.1) is 29.6 Å². The molecule has 0 saturated heterocycles. The molecule has 0 atom stereocenters. The van der Waals surface area contributed by atoms with E-state index in [1.807, 2.05) is 67.6 Å². The number of halogens is 1. The van der Waals surface area contributed by atoms with Gasteiger partial charge in [-0.25, -0.2) is 5.43 Å². The van der Waals surface area contributed by atoms with Crippen molar-refractivity contribution >= 4 is 57.1 Å². The second kappa shape index (κ2) is 12.4. The van der Waals surface area contributed by atoms with Gasteiger partial charge in [-0.1, -0.05) is 42.0 Å². The van der Waals surface area contributed by atoms with E-state index in [9.17, 15) is 9.59 Å². The first-order valence-electron chi connectivity index (χ1n) is 11.6. The average Bonchev–Trinajstić information content (AvgIpc) is 2.92. The monoisotopic (exact) mass is 623 g/mol. The lowest BCUT2D eigenvalue weighted by molar-refractivity contribution is -0.118. The van der Waals surface area contributed by atoms with E-state index in [2.05, 4.69) is 38.4 Å². The van der Waals surface area contributed by atoms with Crippen LogP contribution in [0.2, 0.25) is 0 Å². The Balaban J connectivity index is 1.42. The van der Waals surface area contributed by atoms with E-state index >= 15 is 0 Å². The molecule has 0 bridgehead atoms. The van der Waals surface area contributed by atoms with Crippen LogP contribution in [-0.2, 0) is 4.79 Å². The van der Waals surface area contributed by atoms with Crippen molar-refractivity contribution in [1.29, 1.82) is 0 Å². The Morgan fingerprint density at radius 3 is 2.29 bits per heavy atom. The number of aryl methyl sites for hydroxylation is 1. The zero-order valence-corrected chi connectivity index (χ0v) is 23.2. The molecule has 4 aromatic rings. The fourth-order valence-electron chi connectivity index (χ4n) is 3.72. The van der Waals surface area contributed by atoms with Crippen molar-refractivity contribution in [2.45, 2.75) is 6.92 Å². The van der Waals surface area contributed by atoms with Crippen molar-refractivity contribution in [3.8, 4) is 17.2 Å².